The predicted molar refractivity (Wildman–Crippen MR) is 111 cm³/mol. The lowest BCUT2D eigenvalue weighted by Gasteiger charge is -2.15. The van der Waals surface area contributed by atoms with Gasteiger partial charge in [-0.2, -0.15) is 20.4 Å². The number of tetrazole rings is 2. The molecule has 0 spiro atoms. The minimum atomic E-state index is 0.455. The van der Waals surface area contributed by atoms with Gasteiger partial charge in [-0.15, -0.1) is 20.4 Å². The van der Waals surface area contributed by atoms with Gasteiger partial charge in [-0.1, -0.05) is 48.5 Å². The Kier molecular flexibility index (Phi) is 4.55. The van der Waals surface area contributed by atoms with Gasteiger partial charge in [0.1, 0.15) is 0 Å². The van der Waals surface area contributed by atoms with E-state index in [1.807, 2.05) is 67.5 Å². The van der Waals surface area contributed by atoms with Gasteiger partial charge in [0.25, 0.3) is 0 Å². The molecule has 0 unspecified atom stereocenters. The minimum absolute atomic E-state index is 0.455. The maximum atomic E-state index is 4.78. The number of aromatic amines is 2. The van der Waals surface area contributed by atoms with Crippen LogP contribution in [0, 0.1) is 0 Å². The number of hydrogen-bond donors (Lipinski definition) is 2. The molecule has 0 saturated heterocycles. The van der Waals surface area contributed by atoms with Crippen LogP contribution in [0.3, 0.4) is 0 Å². The molecule has 0 atom stereocenters. The van der Waals surface area contributed by atoms with Gasteiger partial charge in [0, 0.05) is 36.3 Å². The second-order valence-electron chi connectivity index (χ2n) is 6.74. The summed E-state index contributed by atoms with van der Waals surface area (Å²) in [6, 6.07) is 15.2. The van der Waals surface area contributed by atoms with E-state index in [1.54, 1.807) is 0 Å². The number of rotatable bonds is 5. The molecule has 0 aliphatic heterocycles. The van der Waals surface area contributed by atoms with E-state index in [0.717, 1.165) is 22.3 Å². The normalized spacial score (nSPS) is 10.9. The van der Waals surface area contributed by atoms with E-state index in [0.29, 0.717) is 29.2 Å². The van der Waals surface area contributed by atoms with Gasteiger partial charge in [-0.25, -0.2) is 4.98 Å². The zero-order chi connectivity index (χ0) is 21.2. The van der Waals surface area contributed by atoms with E-state index >= 15 is 0 Å². The lowest BCUT2D eigenvalue weighted by Crippen LogP contribution is -2.15. The summed E-state index contributed by atoms with van der Waals surface area (Å²) in [5.41, 5.74) is 3.02. The van der Waals surface area contributed by atoms with Crippen LogP contribution >= 0.6 is 0 Å². The molecular weight excluding hydrogens is 396 g/mol. The van der Waals surface area contributed by atoms with Crippen molar-refractivity contribution in [3.63, 3.8) is 0 Å². The number of hydrogen-bond acceptors (Lipinski definition) is 10. The Morgan fingerprint density at radius 2 is 1.00 bits per heavy atom. The molecule has 0 bridgehead atoms. The quantitative estimate of drug-likeness (QED) is 0.436. The number of nitrogens with one attached hydrogen (secondary N) is 2. The van der Waals surface area contributed by atoms with Gasteiger partial charge < -0.3 is 4.90 Å². The molecule has 0 aliphatic carbocycles. The fourth-order valence-electron chi connectivity index (χ4n) is 3.10. The average molecular weight is 412 g/mol. The van der Waals surface area contributed by atoms with Crippen molar-refractivity contribution in [2.75, 3.05) is 19.0 Å². The zero-order valence-corrected chi connectivity index (χ0v) is 16.6. The molecule has 12 nitrogen and oxygen atoms in total. The summed E-state index contributed by atoms with van der Waals surface area (Å²) in [6.45, 7) is 0. The Morgan fingerprint density at radius 1 is 0.581 bits per heavy atom. The Balaban J connectivity index is 1.72. The first-order valence-corrected chi connectivity index (χ1v) is 9.30. The molecule has 152 valence electrons. The molecule has 3 aromatic heterocycles. The molecule has 0 amide bonds. The van der Waals surface area contributed by atoms with Crippen LogP contribution in [0.15, 0.2) is 48.5 Å². The van der Waals surface area contributed by atoms with Crippen molar-refractivity contribution in [2.45, 2.75) is 0 Å². The van der Waals surface area contributed by atoms with Crippen LogP contribution in [0.2, 0.25) is 0 Å². The number of benzene rings is 2. The van der Waals surface area contributed by atoms with E-state index in [1.165, 1.54) is 0 Å². The molecule has 2 N–H and O–H groups in total. The van der Waals surface area contributed by atoms with Crippen LogP contribution in [0.4, 0.5) is 5.95 Å². The highest BCUT2D eigenvalue weighted by Crippen LogP contribution is 2.32. The van der Waals surface area contributed by atoms with E-state index in [-0.39, 0.29) is 0 Å². The maximum absolute atomic E-state index is 4.78. The maximum Gasteiger partial charge on any atom is 0.228 e. The monoisotopic (exact) mass is 412 g/mol. The summed E-state index contributed by atoms with van der Waals surface area (Å²) in [5.74, 6) is 2.38. The highest BCUT2D eigenvalue weighted by molar-refractivity contribution is 5.80. The Bertz CT molecular complexity index is 1220. The van der Waals surface area contributed by atoms with Gasteiger partial charge in [0.05, 0.1) is 0 Å². The van der Waals surface area contributed by atoms with Crippen LogP contribution in [0.1, 0.15) is 0 Å². The first-order chi connectivity index (χ1) is 15.2. The largest absolute Gasteiger partial charge is 0.347 e. The van der Waals surface area contributed by atoms with E-state index in [4.69, 9.17) is 4.98 Å². The summed E-state index contributed by atoms with van der Waals surface area (Å²) >= 11 is 0. The Morgan fingerprint density at radius 3 is 1.35 bits per heavy atom. The highest BCUT2D eigenvalue weighted by atomic mass is 15.5. The first-order valence-electron chi connectivity index (χ1n) is 9.30. The molecular formula is C19H16N12. The van der Waals surface area contributed by atoms with Crippen LogP contribution in [-0.2, 0) is 0 Å². The van der Waals surface area contributed by atoms with Gasteiger partial charge >= 0.3 is 0 Å². The zero-order valence-electron chi connectivity index (χ0n) is 16.6. The van der Waals surface area contributed by atoms with Gasteiger partial charge in [0.15, 0.2) is 11.6 Å². The van der Waals surface area contributed by atoms with Crippen molar-refractivity contribution in [1.82, 2.24) is 56.2 Å². The summed E-state index contributed by atoms with van der Waals surface area (Å²) in [4.78, 5) is 15.9. The summed E-state index contributed by atoms with van der Waals surface area (Å²) in [7, 11) is 3.75. The van der Waals surface area contributed by atoms with E-state index < -0.39 is 0 Å². The van der Waals surface area contributed by atoms with Crippen molar-refractivity contribution < 1.29 is 0 Å². The lowest BCUT2D eigenvalue weighted by atomic mass is 10.0. The molecule has 5 rings (SSSR count). The van der Waals surface area contributed by atoms with Crippen molar-refractivity contribution in [2.24, 2.45) is 0 Å². The van der Waals surface area contributed by atoms with Crippen molar-refractivity contribution >= 4 is 5.95 Å². The summed E-state index contributed by atoms with van der Waals surface area (Å²) < 4.78 is 0. The van der Waals surface area contributed by atoms with Crippen LogP contribution < -0.4 is 4.90 Å². The van der Waals surface area contributed by atoms with Crippen LogP contribution in [-0.4, -0.2) is 70.3 Å². The number of aromatic nitrogens is 11. The number of H-pyrrole nitrogens is 2. The summed E-state index contributed by atoms with van der Waals surface area (Å²) in [6.07, 6.45) is 0. The molecule has 0 fully saturated rings. The third kappa shape index (κ3) is 3.46. The minimum Gasteiger partial charge on any atom is -0.347 e. The summed E-state index contributed by atoms with van der Waals surface area (Å²) in [5, 5.41) is 28.7. The molecule has 31 heavy (non-hydrogen) atoms. The molecule has 5 aromatic rings. The Hall–Kier alpha value is -4.61. The van der Waals surface area contributed by atoms with Gasteiger partial charge in [-0.05, 0) is 10.4 Å². The third-order valence-electron chi connectivity index (χ3n) is 4.53. The molecule has 0 aliphatic rings. The average Bonchev–Trinajstić information content (AvgIpc) is 3.53. The highest BCUT2D eigenvalue weighted by Gasteiger charge is 2.19. The molecule has 0 radical (unpaired) electrons. The van der Waals surface area contributed by atoms with Gasteiger partial charge in [-0.3, -0.25) is 0 Å². The molecule has 0 saturated carbocycles. The van der Waals surface area contributed by atoms with E-state index in [9.17, 15) is 0 Å². The first kappa shape index (κ1) is 18.4. The standard InChI is InChI=1S/C19H16N12/c1-31(2)19-21-15(11-7-3-5-9-13(11)17-23-27-28-24-17)20-16(22-19)12-8-4-6-10-14(12)18-25-29-30-26-18/h3-10H,1-2H3,(H,23,24,27,28)(H,25,26,29,30). The lowest BCUT2D eigenvalue weighted by molar-refractivity contribution is 0.881. The van der Waals surface area contributed by atoms with Crippen LogP contribution in [0.25, 0.3) is 45.6 Å². The fourth-order valence-corrected chi connectivity index (χ4v) is 3.10. The van der Waals surface area contributed by atoms with Crippen molar-refractivity contribution in [3.05, 3.63) is 48.5 Å². The number of nitrogens with zero attached hydrogens (tertiary/aromatic N) is 10. The molecule has 2 aromatic carbocycles. The number of anilines is 1. The van der Waals surface area contributed by atoms with E-state index in [2.05, 4.69) is 51.2 Å². The molecule has 12 heteroatoms. The van der Waals surface area contributed by atoms with Crippen LogP contribution in [0.5, 0.6) is 0 Å². The fraction of sp³-hybridized carbons (Fsp3) is 0.105. The smallest absolute Gasteiger partial charge is 0.228 e. The third-order valence-corrected chi connectivity index (χ3v) is 4.53. The Labute approximate surface area is 175 Å². The van der Waals surface area contributed by atoms with Crippen molar-refractivity contribution in [1.29, 1.82) is 0 Å². The second kappa shape index (κ2) is 7.67. The topological polar surface area (TPSA) is 151 Å². The van der Waals surface area contributed by atoms with Crippen molar-refractivity contribution in [3.8, 4) is 45.6 Å². The molecule has 3 heterocycles. The van der Waals surface area contributed by atoms with Gasteiger partial charge in [0.2, 0.25) is 17.6 Å². The SMILES string of the molecule is CN(C)c1nc(-c2ccccc2-c2nn[nH]n2)nc(-c2ccccc2-c2nn[nH]n2)n1. The predicted octanol–water partition coefficient (Wildman–Crippen LogP) is 1.63. The second-order valence-corrected chi connectivity index (χ2v) is 6.74.